The quantitative estimate of drug-likeness (QED) is 0.554. The molecule has 0 aliphatic heterocycles. The van der Waals surface area contributed by atoms with Crippen LogP contribution in [0.1, 0.15) is 20.8 Å². The van der Waals surface area contributed by atoms with Gasteiger partial charge < -0.3 is 10.7 Å². The van der Waals surface area contributed by atoms with E-state index in [0.717, 1.165) is 27.9 Å². The van der Waals surface area contributed by atoms with Crippen molar-refractivity contribution in [2.45, 2.75) is 0 Å². The third kappa shape index (κ3) is 1.92. The lowest BCUT2D eigenvalue weighted by Gasteiger charge is -2.12. The van der Waals surface area contributed by atoms with Gasteiger partial charge in [-0.05, 0) is 24.3 Å². The van der Waals surface area contributed by atoms with Crippen LogP contribution in [0, 0.1) is 0 Å². The summed E-state index contributed by atoms with van der Waals surface area (Å²) in [4.78, 5) is 36.6. The summed E-state index contributed by atoms with van der Waals surface area (Å²) in [7, 11) is 0. The van der Waals surface area contributed by atoms with Crippen molar-refractivity contribution in [3.05, 3.63) is 71.7 Å². The van der Waals surface area contributed by atoms with Gasteiger partial charge in [-0.1, -0.05) is 18.2 Å². The van der Waals surface area contributed by atoms with E-state index in [2.05, 4.69) is 15.0 Å². The minimum absolute atomic E-state index is 0.0717. The van der Waals surface area contributed by atoms with E-state index in [1.54, 1.807) is 18.3 Å². The number of para-hydroxylation sites is 1. The summed E-state index contributed by atoms with van der Waals surface area (Å²) in [5.41, 5.74) is 8.84. The number of aromatic nitrogens is 3. The van der Waals surface area contributed by atoms with Gasteiger partial charge in [0, 0.05) is 28.6 Å². The topological polar surface area (TPSA) is 102 Å². The Morgan fingerprint density at radius 1 is 0.923 bits per heavy atom. The van der Waals surface area contributed by atoms with E-state index in [-0.39, 0.29) is 22.7 Å². The SMILES string of the molecule is NC1=CC(=O)c2ccc(-c3nccc4c3[nH]c3ccccc34)nc2C1=O. The minimum atomic E-state index is -0.440. The van der Waals surface area contributed by atoms with Crippen LogP contribution >= 0.6 is 0 Å². The van der Waals surface area contributed by atoms with E-state index in [1.165, 1.54) is 0 Å². The number of pyridine rings is 2. The van der Waals surface area contributed by atoms with Crippen LogP contribution in [0.15, 0.2) is 60.4 Å². The van der Waals surface area contributed by atoms with Crippen molar-refractivity contribution in [3.8, 4) is 11.4 Å². The summed E-state index contributed by atoms with van der Waals surface area (Å²) in [6.45, 7) is 0. The van der Waals surface area contributed by atoms with Crippen LogP contribution in [0.25, 0.3) is 33.2 Å². The molecule has 4 aromatic rings. The highest BCUT2D eigenvalue weighted by Crippen LogP contribution is 2.31. The number of H-pyrrole nitrogens is 1. The maximum absolute atomic E-state index is 12.3. The Hall–Kier alpha value is -3.80. The Balaban J connectivity index is 1.77. The zero-order valence-corrected chi connectivity index (χ0v) is 13.5. The molecule has 0 spiro atoms. The molecule has 6 nitrogen and oxygen atoms in total. The normalized spacial score (nSPS) is 13.9. The van der Waals surface area contributed by atoms with Crippen LogP contribution in [0.5, 0.6) is 0 Å². The van der Waals surface area contributed by atoms with Gasteiger partial charge in [-0.25, -0.2) is 4.98 Å². The van der Waals surface area contributed by atoms with Gasteiger partial charge in [0.1, 0.15) is 11.4 Å². The van der Waals surface area contributed by atoms with Gasteiger partial charge in [-0.2, -0.15) is 0 Å². The van der Waals surface area contributed by atoms with Crippen molar-refractivity contribution in [3.63, 3.8) is 0 Å². The molecule has 0 radical (unpaired) electrons. The number of aromatic amines is 1. The Morgan fingerprint density at radius 3 is 2.65 bits per heavy atom. The molecule has 124 valence electrons. The fourth-order valence-electron chi connectivity index (χ4n) is 3.35. The molecule has 1 aliphatic carbocycles. The highest BCUT2D eigenvalue weighted by atomic mass is 16.1. The molecule has 3 heterocycles. The number of carbonyl (C=O) groups is 2. The Labute approximate surface area is 147 Å². The van der Waals surface area contributed by atoms with E-state index < -0.39 is 5.78 Å². The molecule has 3 aromatic heterocycles. The molecule has 6 heteroatoms. The predicted molar refractivity (Wildman–Crippen MR) is 97.8 cm³/mol. The maximum atomic E-state index is 12.3. The van der Waals surface area contributed by atoms with Gasteiger partial charge >= 0.3 is 0 Å². The molecule has 26 heavy (non-hydrogen) atoms. The molecule has 0 saturated heterocycles. The number of Topliss-reactive ketones (excluding diaryl/α,β-unsaturated/α-hetero) is 1. The van der Waals surface area contributed by atoms with E-state index >= 15 is 0 Å². The Morgan fingerprint density at radius 2 is 1.77 bits per heavy atom. The standard InChI is InChI=1S/C20H12N4O2/c21-13-9-16(25)12-5-6-15(24-18(12)20(13)26)19-17-11(7-8-22-19)10-3-1-2-4-14(10)23-17/h1-9,23H,21H2. The first kappa shape index (κ1) is 14.5. The highest BCUT2D eigenvalue weighted by molar-refractivity contribution is 6.23. The van der Waals surface area contributed by atoms with Gasteiger partial charge in [0.15, 0.2) is 5.78 Å². The number of benzene rings is 1. The highest BCUT2D eigenvalue weighted by Gasteiger charge is 2.26. The number of carbonyl (C=O) groups excluding carboxylic acids is 2. The summed E-state index contributed by atoms with van der Waals surface area (Å²) in [5, 5.41) is 2.11. The van der Waals surface area contributed by atoms with Crippen LogP contribution in [-0.4, -0.2) is 26.5 Å². The lowest BCUT2D eigenvalue weighted by atomic mass is 9.97. The number of rotatable bonds is 1. The first-order chi connectivity index (χ1) is 12.6. The number of nitrogens with two attached hydrogens (primary N) is 1. The molecule has 1 aliphatic rings. The smallest absolute Gasteiger partial charge is 0.227 e. The first-order valence-electron chi connectivity index (χ1n) is 8.06. The molecule has 0 unspecified atom stereocenters. The molecule has 0 atom stereocenters. The average Bonchev–Trinajstić information content (AvgIpc) is 3.04. The second-order valence-electron chi connectivity index (χ2n) is 6.14. The molecular weight excluding hydrogens is 328 g/mol. The van der Waals surface area contributed by atoms with E-state index in [9.17, 15) is 9.59 Å². The van der Waals surface area contributed by atoms with Crippen LogP contribution < -0.4 is 5.73 Å². The number of hydrogen-bond acceptors (Lipinski definition) is 5. The maximum Gasteiger partial charge on any atom is 0.227 e. The summed E-state index contributed by atoms with van der Waals surface area (Å²) < 4.78 is 0. The van der Waals surface area contributed by atoms with E-state index in [0.29, 0.717) is 11.4 Å². The van der Waals surface area contributed by atoms with Crippen molar-refractivity contribution in [2.24, 2.45) is 5.73 Å². The lowest BCUT2D eigenvalue weighted by molar-refractivity contribution is 0.0979. The van der Waals surface area contributed by atoms with Crippen molar-refractivity contribution in [1.29, 1.82) is 0 Å². The van der Waals surface area contributed by atoms with Crippen LogP contribution in [0.4, 0.5) is 0 Å². The van der Waals surface area contributed by atoms with Crippen LogP contribution in [0.2, 0.25) is 0 Å². The van der Waals surface area contributed by atoms with Crippen molar-refractivity contribution < 1.29 is 9.59 Å². The fourth-order valence-corrected chi connectivity index (χ4v) is 3.35. The lowest BCUT2D eigenvalue weighted by Crippen LogP contribution is -2.23. The molecule has 0 amide bonds. The first-order valence-corrected chi connectivity index (χ1v) is 8.06. The zero-order chi connectivity index (χ0) is 17.8. The van der Waals surface area contributed by atoms with Gasteiger partial charge in [0.2, 0.25) is 5.78 Å². The zero-order valence-electron chi connectivity index (χ0n) is 13.5. The number of nitrogens with one attached hydrogen (secondary N) is 1. The molecular formula is C20H12N4O2. The van der Waals surface area contributed by atoms with E-state index in [1.807, 2.05) is 30.3 Å². The second kappa shape index (κ2) is 5.10. The molecule has 5 rings (SSSR count). The summed E-state index contributed by atoms with van der Waals surface area (Å²) in [6, 6.07) is 13.2. The number of allylic oxidation sites excluding steroid dienone is 2. The van der Waals surface area contributed by atoms with Crippen molar-refractivity contribution >= 4 is 33.4 Å². The number of nitrogens with zero attached hydrogens (tertiary/aromatic N) is 2. The van der Waals surface area contributed by atoms with Gasteiger partial charge in [0.25, 0.3) is 0 Å². The van der Waals surface area contributed by atoms with Crippen LogP contribution in [0.3, 0.4) is 0 Å². The molecule has 0 fully saturated rings. The average molecular weight is 340 g/mol. The summed E-state index contributed by atoms with van der Waals surface area (Å²) >= 11 is 0. The number of hydrogen-bond donors (Lipinski definition) is 2. The van der Waals surface area contributed by atoms with Gasteiger partial charge in [-0.15, -0.1) is 0 Å². The number of ketones is 2. The van der Waals surface area contributed by atoms with Gasteiger partial charge in [0.05, 0.1) is 22.5 Å². The minimum Gasteiger partial charge on any atom is -0.395 e. The Kier molecular flexibility index (Phi) is 2.85. The molecule has 0 bridgehead atoms. The second-order valence-corrected chi connectivity index (χ2v) is 6.14. The van der Waals surface area contributed by atoms with Crippen molar-refractivity contribution in [1.82, 2.24) is 15.0 Å². The van der Waals surface area contributed by atoms with Gasteiger partial charge in [-0.3, -0.25) is 14.6 Å². The van der Waals surface area contributed by atoms with Crippen LogP contribution in [-0.2, 0) is 0 Å². The Bertz CT molecular complexity index is 1280. The third-order valence-electron chi connectivity index (χ3n) is 4.60. The predicted octanol–water partition coefficient (Wildman–Crippen LogP) is 3.00. The van der Waals surface area contributed by atoms with Crippen molar-refractivity contribution in [2.75, 3.05) is 0 Å². The fraction of sp³-hybridized carbons (Fsp3) is 0. The molecule has 3 N–H and O–H groups in total. The van der Waals surface area contributed by atoms with E-state index in [4.69, 9.17) is 5.73 Å². The largest absolute Gasteiger partial charge is 0.395 e. The molecule has 1 aromatic carbocycles. The monoisotopic (exact) mass is 340 g/mol. The third-order valence-corrected chi connectivity index (χ3v) is 4.60. The molecule has 0 saturated carbocycles. The number of fused-ring (bicyclic) bond motifs is 4. The summed E-state index contributed by atoms with van der Waals surface area (Å²) in [6.07, 6.45) is 2.85. The summed E-state index contributed by atoms with van der Waals surface area (Å²) in [5.74, 6) is -0.752.